The Kier molecular flexibility index (Phi) is 4.44. The summed E-state index contributed by atoms with van der Waals surface area (Å²) in [6.07, 6.45) is 2.59. The number of rotatable bonds is 3. The number of aliphatic carboxylic acids is 1. The Hall–Kier alpha value is -2.35. The molecule has 2 N–H and O–H groups in total. The highest BCUT2D eigenvalue weighted by molar-refractivity contribution is 6.45. The van der Waals surface area contributed by atoms with E-state index in [-0.39, 0.29) is 6.54 Å². The topological polar surface area (TPSA) is 91.3 Å². The summed E-state index contributed by atoms with van der Waals surface area (Å²) >= 11 is 12.6. The van der Waals surface area contributed by atoms with Crippen LogP contribution in [0, 0.1) is 0 Å². The lowest BCUT2D eigenvalue weighted by molar-refractivity contribution is -0.150. The van der Waals surface area contributed by atoms with Crippen LogP contribution in [-0.4, -0.2) is 52.1 Å². The van der Waals surface area contributed by atoms with Crippen molar-refractivity contribution >= 4 is 45.9 Å². The molecule has 0 amide bonds. The molecule has 0 bridgehead atoms. The monoisotopic (exact) mass is 392 g/mol. The van der Waals surface area contributed by atoms with E-state index in [0.29, 0.717) is 34.5 Å². The minimum absolute atomic E-state index is 0.205. The molecule has 0 spiro atoms. The molecule has 1 saturated heterocycles. The van der Waals surface area contributed by atoms with Crippen LogP contribution in [-0.2, 0) is 9.53 Å². The number of carboxylic acids is 1. The quantitative estimate of drug-likeness (QED) is 0.710. The van der Waals surface area contributed by atoms with E-state index < -0.39 is 12.1 Å². The van der Waals surface area contributed by atoms with Crippen LogP contribution in [0.3, 0.4) is 0 Å². The number of halogens is 2. The average Bonchev–Trinajstić information content (AvgIpc) is 3.18. The molecule has 1 fully saturated rings. The van der Waals surface area contributed by atoms with Gasteiger partial charge in [0.05, 0.1) is 34.9 Å². The molecule has 0 aliphatic carbocycles. The number of anilines is 1. The minimum Gasteiger partial charge on any atom is -0.479 e. The van der Waals surface area contributed by atoms with Crippen LogP contribution < -0.4 is 4.90 Å². The largest absolute Gasteiger partial charge is 0.479 e. The van der Waals surface area contributed by atoms with Crippen LogP contribution in [0.25, 0.3) is 22.0 Å². The van der Waals surface area contributed by atoms with E-state index in [9.17, 15) is 9.90 Å². The fourth-order valence-electron chi connectivity index (χ4n) is 3.03. The van der Waals surface area contributed by atoms with Crippen molar-refractivity contribution in [2.45, 2.75) is 6.10 Å². The summed E-state index contributed by atoms with van der Waals surface area (Å²) in [5.41, 5.74) is 2.32. The minimum atomic E-state index is -0.994. The Morgan fingerprint density at radius 2 is 2.23 bits per heavy atom. The van der Waals surface area contributed by atoms with Crippen molar-refractivity contribution in [2.75, 3.05) is 24.6 Å². The van der Waals surface area contributed by atoms with Gasteiger partial charge in [0.1, 0.15) is 5.82 Å². The van der Waals surface area contributed by atoms with Crippen molar-refractivity contribution < 1.29 is 14.6 Å². The maximum atomic E-state index is 11.3. The van der Waals surface area contributed by atoms with E-state index in [2.05, 4.69) is 15.2 Å². The molecular formula is C17H14Cl2N4O3. The van der Waals surface area contributed by atoms with E-state index in [1.54, 1.807) is 18.5 Å². The molecule has 2 aromatic heterocycles. The molecule has 9 heteroatoms. The Morgan fingerprint density at radius 3 is 2.96 bits per heavy atom. The van der Waals surface area contributed by atoms with Crippen LogP contribution in [0.2, 0.25) is 10.0 Å². The number of ether oxygens (including phenoxy) is 1. The third-order valence-corrected chi connectivity index (χ3v) is 5.13. The van der Waals surface area contributed by atoms with Crippen molar-refractivity contribution in [2.24, 2.45) is 0 Å². The lowest BCUT2D eigenvalue weighted by Gasteiger charge is -2.32. The second-order valence-corrected chi connectivity index (χ2v) is 6.70. The smallest absolute Gasteiger partial charge is 0.334 e. The summed E-state index contributed by atoms with van der Waals surface area (Å²) in [4.78, 5) is 17.8. The van der Waals surface area contributed by atoms with E-state index in [1.165, 1.54) is 0 Å². The SMILES string of the molecule is O=C(O)C1CN(c2cc(-c3cn[nH]c3)c3ccc(Cl)c(Cl)c3n2)CCO1. The van der Waals surface area contributed by atoms with Gasteiger partial charge >= 0.3 is 5.97 Å². The van der Waals surface area contributed by atoms with Gasteiger partial charge in [0.25, 0.3) is 0 Å². The second-order valence-electron chi connectivity index (χ2n) is 5.92. The molecule has 26 heavy (non-hydrogen) atoms. The number of hydrogen-bond donors (Lipinski definition) is 2. The number of hydrogen-bond acceptors (Lipinski definition) is 5. The number of morpholine rings is 1. The van der Waals surface area contributed by atoms with Crippen LogP contribution in [0.4, 0.5) is 5.82 Å². The third-order valence-electron chi connectivity index (χ3n) is 4.33. The number of pyridine rings is 1. The number of carbonyl (C=O) groups is 1. The Balaban J connectivity index is 1.88. The molecule has 1 aliphatic heterocycles. The zero-order valence-electron chi connectivity index (χ0n) is 13.4. The molecule has 1 unspecified atom stereocenters. The molecule has 1 atom stereocenters. The van der Waals surface area contributed by atoms with E-state index >= 15 is 0 Å². The van der Waals surface area contributed by atoms with Gasteiger partial charge in [0, 0.05) is 23.7 Å². The van der Waals surface area contributed by atoms with Crippen LogP contribution >= 0.6 is 23.2 Å². The Bertz CT molecular complexity index is 978. The molecule has 4 rings (SSSR count). The van der Waals surface area contributed by atoms with E-state index in [1.807, 2.05) is 17.0 Å². The standard InChI is InChI=1S/C17H14Cl2N4O3/c18-12-2-1-10-11(9-6-20-21-7-9)5-14(22-16(10)15(12)19)23-3-4-26-13(8-23)17(24)25/h1-2,5-7,13H,3-4,8H2,(H,20,21)(H,24,25). The second kappa shape index (κ2) is 6.75. The molecule has 3 heterocycles. The maximum absolute atomic E-state index is 11.3. The van der Waals surface area contributed by atoms with Crippen molar-refractivity contribution in [1.82, 2.24) is 15.2 Å². The summed E-state index contributed by atoms with van der Waals surface area (Å²) in [6.45, 7) is 1.04. The van der Waals surface area contributed by atoms with Gasteiger partial charge in [-0.25, -0.2) is 9.78 Å². The zero-order chi connectivity index (χ0) is 18.3. The van der Waals surface area contributed by atoms with E-state index in [4.69, 9.17) is 27.9 Å². The van der Waals surface area contributed by atoms with Gasteiger partial charge in [-0.2, -0.15) is 5.10 Å². The van der Waals surface area contributed by atoms with Gasteiger partial charge < -0.3 is 14.7 Å². The predicted molar refractivity (Wildman–Crippen MR) is 98.9 cm³/mol. The third kappa shape index (κ3) is 2.98. The Labute approximate surface area is 158 Å². The van der Waals surface area contributed by atoms with Gasteiger partial charge in [-0.3, -0.25) is 5.10 Å². The first-order valence-corrected chi connectivity index (χ1v) is 8.67. The van der Waals surface area contributed by atoms with Crippen molar-refractivity contribution in [1.29, 1.82) is 0 Å². The summed E-state index contributed by atoms with van der Waals surface area (Å²) in [5, 5.41) is 17.7. The number of nitrogens with zero attached hydrogens (tertiary/aromatic N) is 3. The van der Waals surface area contributed by atoms with E-state index in [0.717, 1.165) is 16.5 Å². The molecule has 134 valence electrons. The number of aromatic nitrogens is 3. The average molecular weight is 393 g/mol. The molecular weight excluding hydrogens is 379 g/mol. The molecule has 0 saturated carbocycles. The highest BCUT2D eigenvalue weighted by Crippen LogP contribution is 2.37. The number of nitrogens with one attached hydrogen (secondary N) is 1. The fourth-order valence-corrected chi connectivity index (χ4v) is 3.39. The van der Waals surface area contributed by atoms with Gasteiger partial charge in [-0.05, 0) is 17.7 Å². The number of aromatic amines is 1. The van der Waals surface area contributed by atoms with Crippen LogP contribution in [0.1, 0.15) is 0 Å². The van der Waals surface area contributed by atoms with Crippen molar-refractivity contribution in [3.63, 3.8) is 0 Å². The fraction of sp³-hybridized carbons (Fsp3) is 0.235. The molecule has 0 radical (unpaired) electrons. The van der Waals surface area contributed by atoms with Crippen LogP contribution in [0.5, 0.6) is 0 Å². The van der Waals surface area contributed by atoms with Crippen molar-refractivity contribution in [3.05, 3.63) is 40.6 Å². The predicted octanol–water partition coefficient (Wildman–Crippen LogP) is 3.22. The molecule has 1 aliphatic rings. The van der Waals surface area contributed by atoms with Gasteiger partial charge in [-0.15, -0.1) is 0 Å². The summed E-state index contributed by atoms with van der Waals surface area (Å²) < 4.78 is 5.29. The lowest BCUT2D eigenvalue weighted by atomic mass is 10.0. The number of carboxylic acid groups (broad SMARTS) is 1. The first kappa shape index (κ1) is 17.1. The summed E-state index contributed by atoms with van der Waals surface area (Å²) in [5.74, 6) is -0.376. The maximum Gasteiger partial charge on any atom is 0.334 e. The number of H-pyrrole nitrogens is 1. The molecule has 1 aromatic carbocycles. The summed E-state index contributed by atoms with van der Waals surface area (Å²) in [6, 6.07) is 5.50. The van der Waals surface area contributed by atoms with Crippen LogP contribution in [0.15, 0.2) is 30.6 Å². The number of fused-ring (bicyclic) bond motifs is 1. The highest BCUT2D eigenvalue weighted by Gasteiger charge is 2.28. The van der Waals surface area contributed by atoms with Gasteiger partial charge in [0.2, 0.25) is 0 Å². The van der Waals surface area contributed by atoms with Gasteiger partial charge in [-0.1, -0.05) is 29.3 Å². The Morgan fingerprint density at radius 1 is 1.38 bits per heavy atom. The van der Waals surface area contributed by atoms with Crippen molar-refractivity contribution in [3.8, 4) is 11.1 Å². The molecule has 7 nitrogen and oxygen atoms in total. The first-order chi connectivity index (χ1) is 12.5. The zero-order valence-corrected chi connectivity index (χ0v) is 15.0. The first-order valence-electron chi connectivity index (χ1n) is 7.92. The normalized spacial score (nSPS) is 17.6. The lowest BCUT2D eigenvalue weighted by Crippen LogP contribution is -2.46. The highest BCUT2D eigenvalue weighted by atomic mass is 35.5. The number of benzene rings is 1. The molecule has 3 aromatic rings. The van der Waals surface area contributed by atoms with Gasteiger partial charge in [0.15, 0.2) is 6.10 Å². The summed E-state index contributed by atoms with van der Waals surface area (Å²) in [7, 11) is 0.